The van der Waals surface area contributed by atoms with E-state index in [-0.39, 0.29) is 11.6 Å². The molecule has 0 aliphatic heterocycles. The fourth-order valence-corrected chi connectivity index (χ4v) is 3.10. The lowest BCUT2D eigenvalue weighted by molar-refractivity contribution is 0.101. The van der Waals surface area contributed by atoms with E-state index in [2.05, 4.69) is 15.4 Å². The maximum absolute atomic E-state index is 13.4. The molecule has 0 aliphatic carbocycles. The Hall–Kier alpha value is -3.22. The summed E-state index contributed by atoms with van der Waals surface area (Å²) in [5.74, 6) is -0.579. The Morgan fingerprint density at radius 1 is 0.966 bits per heavy atom. The number of aromatic nitrogens is 3. The molecule has 0 saturated carbocycles. The number of anilines is 1. The average Bonchev–Trinajstić information content (AvgIpc) is 3.16. The first-order valence-electron chi connectivity index (χ1n) is 8.56. The first kappa shape index (κ1) is 19.1. The van der Waals surface area contributed by atoms with Crippen molar-refractivity contribution in [1.29, 1.82) is 0 Å². The standard InChI is InChI=1S/C21H13Cl2FN4O/c22-14-5-3-4-13(12-14)20-26-19(21(29)25-18-7-2-1-6-17(18)23)27-28(20)16-10-8-15(24)9-11-16/h1-12H,(H,25,29). The Labute approximate surface area is 175 Å². The maximum atomic E-state index is 13.4. The molecule has 0 radical (unpaired) electrons. The molecule has 0 aliphatic rings. The largest absolute Gasteiger partial charge is 0.318 e. The van der Waals surface area contributed by atoms with E-state index in [9.17, 15) is 9.18 Å². The van der Waals surface area contributed by atoms with Gasteiger partial charge in [0.05, 0.1) is 16.4 Å². The number of carbonyl (C=O) groups excluding carboxylic acids is 1. The minimum absolute atomic E-state index is 0.0655. The lowest BCUT2D eigenvalue weighted by atomic mass is 10.2. The molecular formula is C21H13Cl2FN4O. The van der Waals surface area contributed by atoms with Gasteiger partial charge in [-0.2, -0.15) is 0 Å². The Balaban J connectivity index is 1.78. The molecule has 4 rings (SSSR count). The van der Waals surface area contributed by atoms with Crippen molar-refractivity contribution in [3.63, 3.8) is 0 Å². The molecule has 5 nitrogen and oxygen atoms in total. The molecule has 144 valence electrons. The molecule has 0 spiro atoms. The molecule has 4 aromatic rings. The van der Waals surface area contributed by atoms with Crippen molar-refractivity contribution in [2.75, 3.05) is 5.32 Å². The fourth-order valence-electron chi connectivity index (χ4n) is 2.73. The van der Waals surface area contributed by atoms with Crippen LogP contribution in [0.15, 0.2) is 72.8 Å². The number of amides is 1. The third-order valence-electron chi connectivity index (χ3n) is 4.09. The number of rotatable bonds is 4. The maximum Gasteiger partial charge on any atom is 0.295 e. The van der Waals surface area contributed by atoms with Gasteiger partial charge in [0.1, 0.15) is 5.82 Å². The van der Waals surface area contributed by atoms with Gasteiger partial charge < -0.3 is 5.32 Å². The van der Waals surface area contributed by atoms with Crippen molar-refractivity contribution >= 4 is 34.8 Å². The van der Waals surface area contributed by atoms with Crippen LogP contribution in [0.25, 0.3) is 17.1 Å². The zero-order chi connectivity index (χ0) is 20.4. The summed E-state index contributed by atoms with van der Waals surface area (Å²) in [6.07, 6.45) is 0. The van der Waals surface area contributed by atoms with Crippen molar-refractivity contribution in [2.45, 2.75) is 0 Å². The number of nitrogens with zero attached hydrogens (tertiary/aromatic N) is 3. The summed E-state index contributed by atoms with van der Waals surface area (Å²) >= 11 is 12.2. The molecule has 0 bridgehead atoms. The highest BCUT2D eigenvalue weighted by Gasteiger charge is 2.20. The van der Waals surface area contributed by atoms with Crippen LogP contribution < -0.4 is 5.32 Å². The lowest BCUT2D eigenvalue weighted by Crippen LogP contribution is -2.14. The van der Waals surface area contributed by atoms with Crippen molar-refractivity contribution in [1.82, 2.24) is 14.8 Å². The summed E-state index contributed by atoms with van der Waals surface area (Å²) in [6.45, 7) is 0. The van der Waals surface area contributed by atoms with Crippen molar-refractivity contribution in [3.05, 3.63) is 94.5 Å². The molecule has 3 aromatic carbocycles. The molecule has 1 heterocycles. The second-order valence-electron chi connectivity index (χ2n) is 6.09. The third kappa shape index (κ3) is 4.13. The quantitative estimate of drug-likeness (QED) is 0.459. The van der Waals surface area contributed by atoms with E-state index in [4.69, 9.17) is 23.2 Å². The number of nitrogens with one attached hydrogen (secondary N) is 1. The number of carbonyl (C=O) groups is 1. The summed E-state index contributed by atoms with van der Waals surface area (Å²) in [5, 5.41) is 7.93. The third-order valence-corrected chi connectivity index (χ3v) is 4.65. The molecular weight excluding hydrogens is 414 g/mol. The number of hydrogen-bond acceptors (Lipinski definition) is 3. The predicted molar refractivity (Wildman–Crippen MR) is 111 cm³/mol. The van der Waals surface area contributed by atoms with Gasteiger partial charge in [0, 0.05) is 10.6 Å². The van der Waals surface area contributed by atoms with Crippen LogP contribution in [0.4, 0.5) is 10.1 Å². The van der Waals surface area contributed by atoms with Gasteiger partial charge in [-0.15, -0.1) is 5.10 Å². The van der Waals surface area contributed by atoms with Gasteiger partial charge in [-0.05, 0) is 48.5 Å². The van der Waals surface area contributed by atoms with Gasteiger partial charge in [-0.1, -0.05) is 47.5 Å². The minimum atomic E-state index is -0.526. The van der Waals surface area contributed by atoms with Crippen LogP contribution in [0, 0.1) is 5.82 Å². The lowest BCUT2D eigenvalue weighted by Gasteiger charge is -2.06. The molecule has 0 unspecified atom stereocenters. The van der Waals surface area contributed by atoms with E-state index in [0.717, 1.165) is 0 Å². The molecule has 29 heavy (non-hydrogen) atoms. The summed E-state index contributed by atoms with van der Waals surface area (Å²) < 4.78 is 14.8. The molecule has 1 aromatic heterocycles. The van der Waals surface area contributed by atoms with E-state index in [1.54, 1.807) is 60.7 Å². The van der Waals surface area contributed by atoms with Crippen LogP contribution in [0.2, 0.25) is 10.0 Å². The minimum Gasteiger partial charge on any atom is -0.318 e. The summed E-state index contributed by atoms with van der Waals surface area (Å²) in [6, 6.07) is 19.6. The topological polar surface area (TPSA) is 59.8 Å². The Kier molecular flexibility index (Phi) is 5.29. The SMILES string of the molecule is O=C(Nc1ccccc1Cl)c1nc(-c2cccc(Cl)c2)n(-c2ccc(F)cc2)n1. The van der Waals surface area contributed by atoms with Gasteiger partial charge in [-0.3, -0.25) is 4.79 Å². The first-order valence-corrected chi connectivity index (χ1v) is 9.32. The van der Waals surface area contributed by atoms with E-state index in [1.807, 2.05) is 0 Å². The van der Waals surface area contributed by atoms with Crippen LogP contribution in [0.5, 0.6) is 0 Å². The van der Waals surface area contributed by atoms with Gasteiger partial charge in [-0.25, -0.2) is 14.1 Å². The van der Waals surface area contributed by atoms with Crippen molar-refractivity contribution < 1.29 is 9.18 Å². The zero-order valence-electron chi connectivity index (χ0n) is 14.8. The van der Waals surface area contributed by atoms with Crippen LogP contribution in [-0.2, 0) is 0 Å². The average molecular weight is 427 g/mol. The number of para-hydroxylation sites is 1. The highest BCUT2D eigenvalue weighted by Crippen LogP contribution is 2.25. The van der Waals surface area contributed by atoms with E-state index in [0.29, 0.717) is 32.8 Å². The molecule has 1 amide bonds. The first-order chi connectivity index (χ1) is 14.0. The van der Waals surface area contributed by atoms with E-state index in [1.165, 1.54) is 16.8 Å². The highest BCUT2D eigenvalue weighted by atomic mass is 35.5. The molecule has 1 N–H and O–H groups in total. The predicted octanol–water partition coefficient (Wildman–Crippen LogP) is 5.63. The Morgan fingerprint density at radius 3 is 2.45 bits per heavy atom. The van der Waals surface area contributed by atoms with Crippen LogP contribution in [0.1, 0.15) is 10.6 Å². The summed E-state index contributed by atoms with van der Waals surface area (Å²) in [7, 11) is 0. The number of halogens is 3. The second kappa shape index (κ2) is 8.03. The fraction of sp³-hybridized carbons (Fsp3) is 0. The normalized spacial score (nSPS) is 10.7. The van der Waals surface area contributed by atoms with Gasteiger partial charge in [0.15, 0.2) is 5.82 Å². The Morgan fingerprint density at radius 2 is 1.72 bits per heavy atom. The zero-order valence-corrected chi connectivity index (χ0v) is 16.3. The van der Waals surface area contributed by atoms with Crippen molar-refractivity contribution in [2.24, 2.45) is 0 Å². The molecule has 0 saturated heterocycles. The number of hydrogen-bond donors (Lipinski definition) is 1. The van der Waals surface area contributed by atoms with Gasteiger partial charge in [0.25, 0.3) is 5.91 Å². The number of benzene rings is 3. The molecule has 8 heteroatoms. The smallest absolute Gasteiger partial charge is 0.295 e. The van der Waals surface area contributed by atoms with E-state index >= 15 is 0 Å². The van der Waals surface area contributed by atoms with Crippen LogP contribution in [0.3, 0.4) is 0 Å². The van der Waals surface area contributed by atoms with Gasteiger partial charge >= 0.3 is 0 Å². The Bertz CT molecular complexity index is 1190. The summed E-state index contributed by atoms with van der Waals surface area (Å²) in [5.41, 5.74) is 1.65. The summed E-state index contributed by atoms with van der Waals surface area (Å²) in [4.78, 5) is 17.1. The van der Waals surface area contributed by atoms with Gasteiger partial charge in [0.2, 0.25) is 5.82 Å². The van der Waals surface area contributed by atoms with E-state index < -0.39 is 5.91 Å². The monoisotopic (exact) mass is 426 g/mol. The van der Waals surface area contributed by atoms with Crippen LogP contribution >= 0.6 is 23.2 Å². The molecule has 0 atom stereocenters. The van der Waals surface area contributed by atoms with Crippen LogP contribution in [-0.4, -0.2) is 20.7 Å². The van der Waals surface area contributed by atoms with Crippen molar-refractivity contribution in [3.8, 4) is 17.1 Å². The second-order valence-corrected chi connectivity index (χ2v) is 6.94. The molecule has 0 fully saturated rings. The highest BCUT2D eigenvalue weighted by molar-refractivity contribution is 6.33.